The van der Waals surface area contributed by atoms with Gasteiger partial charge in [-0.05, 0) is 17.7 Å². The van der Waals surface area contributed by atoms with E-state index in [0.717, 1.165) is 0 Å². The van der Waals surface area contributed by atoms with Crippen molar-refractivity contribution < 1.29 is 8.42 Å². The zero-order chi connectivity index (χ0) is 11.1. The Balaban J connectivity index is 2.45. The van der Waals surface area contributed by atoms with Crippen LogP contribution in [0.2, 0.25) is 5.02 Å². The molecule has 1 aliphatic rings. The molecular weight excluding hydrogens is 236 g/mol. The van der Waals surface area contributed by atoms with Crippen LogP contribution in [0.15, 0.2) is 29.2 Å². The van der Waals surface area contributed by atoms with E-state index in [1.165, 1.54) is 0 Å². The van der Waals surface area contributed by atoms with Gasteiger partial charge in [-0.25, -0.2) is 13.1 Å². The molecule has 1 aromatic carbocycles. The molecule has 0 aromatic heterocycles. The van der Waals surface area contributed by atoms with Crippen molar-refractivity contribution in [3.63, 3.8) is 0 Å². The molecule has 15 heavy (non-hydrogen) atoms. The van der Waals surface area contributed by atoms with E-state index in [4.69, 9.17) is 17.3 Å². The molecule has 1 aliphatic heterocycles. The fourth-order valence-electron chi connectivity index (χ4n) is 1.29. The molecule has 0 aliphatic carbocycles. The summed E-state index contributed by atoms with van der Waals surface area (Å²) in [6.45, 7) is 0.288. The first-order chi connectivity index (χ1) is 7.00. The topological polar surface area (TPSA) is 72.2 Å². The summed E-state index contributed by atoms with van der Waals surface area (Å²) < 4.78 is 24.8. The van der Waals surface area contributed by atoms with E-state index in [1.54, 1.807) is 24.3 Å². The molecule has 4 nitrogen and oxygen atoms in total. The average Bonchev–Trinajstić information content (AvgIpc) is 2.17. The summed E-state index contributed by atoms with van der Waals surface area (Å²) in [7, 11) is -3.31. The number of hydrogen-bond donors (Lipinski definition) is 2. The quantitative estimate of drug-likeness (QED) is 0.771. The third-order valence-corrected chi connectivity index (χ3v) is 3.99. The van der Waals surface area contributed by atoms with Crippen molar-refractivity contribution >= 4 is 27.3 Å². The Morgan fingerprint density at radius 1 is 1.33 bits per heavy atom. The largest absolute Gasteiger partial charge is 0.397 e. The van der Waals surface area contributed by atoms with Crippen LogP contribution in [0.5, 0.6) is 0 Å². The van der Waals surface area contributed by atoms with Crippen molar-refractivity contribution in [1.82, 2.24) is 4.72 Å². The van der Waals surface area contributed by atoms with Crippen LogP contribution in [0.1, 0.15) is 5.56 Å². The molecule has 80 valence electrons. The molecule has 0 saturated carbocycles. The summed E-state index contributed by atoms with van der Waals surface area (Å²) in [6.07, 6.45) is 0. The summed E-state index contributed by atoms with van der Waals surface area (Å²) in [5.74, 6) is 0. The highest BCUT2D eigenvalue weighted by Gasteiger charge is 2.30. The minimum Gasteiger partial charge on any atom is -0.397 e. The predicted molar refractivity (Wildman–Crippen MR) is 59.5 cm³/mol. The standard InChI is InChI=1S/C9H9ClN2O2S/c10-7-3-1-6(2-4-7)9(11)8-5-12-15(8,13)14/h1-4,12H,5,11H2/b9-8+. The summed E-state index contributed by atoms with van der Waals surface area (Å²) in [4.78, 5) is 0.241. The van der Waals surface area contributed by atoms with Gasteiger partial charge in [0.1, 0.15) is 0 Å². The van der Waals surface area contributed by atoms with Crippen LogP contribution in [-0.2, 0) is 10.0 Å². The Bertz CT molecular complexity index is 520. The summed E-state index contributed by atoms with van der Waals surface area (Å²) in [5, 5.41) is 0.589. The predicted octanol–water partition coefficient (Wildman–Crippen LogP) is 0.900. The molecule has 0 spiro atoms. The highest BCUT2D eigenvalue weighted by molar-refractivity contribution is 7.95. The second-order valence-corrected chi connectivity index (χ2v) is 5.39. The van der Waals surface area contributed by atoms with Crippen LogP contribution >= 0.6 is 11.6 Å². The average molecular weight is 245 g/mol. The van der Waals surface area contributed by atoms with Crippen molar-refractivity contribution in [2.24, 2.45) is 5.73 Å². The number of nitrogens with two attached hydrogens (primary N) is 1. The van der Waals surface area contributed by atoms with Gasteiger partial charge in [0.05, 0.1) is 17.1 Å². The van der Waals surface area contributed by atoms with E-state index >= 15 is 0 Å². The second kappa shape index (κ2) is 3.52. The third-order valence-electron chi connectivity index (χ3n) is 2.20. The molecule has 0 radical (unpaired) electrons. The van der Waals surface area contributed by atoms with Crippen LogP contribution in [0.3, 0.4) is 0 Å². The molecule has 3 N–H and O–H groups in total. The molecular formula is C9H9ClN2O2S. The molecule has 1 fully saturated rings. The van der Waals surface area contributed by atoms with Gasteiger partial charge in [-0.1, -0.05) is 23.7 Å². The fraction of sp³-hybridized carbons (Fsp3) is 0.111. The minimum absolute atomic E-state index is 0.241. The number of rotatable bonds is 1. The number of halogens is 1. The van der Waals surface area contributed by atoms with Crippen molar-refractivity contribution in [1.29, 1.82) is 0 Å². The zero-order valence-corrected chi connectivity index (χ0v) is 9.27. The smallest absolute Gasteiger partial charge is 0.240 e. The maximum absolute atomic E-state index is 11.2. The lowest BCUT2D eigenvalue weighted by Gasteiger charge is -2.21. The maximum Gasteiger partial charge on any atom is 0.240 e. The molecule has 0 unspecified atom stereocenters. The Hall–Kier alpha value is -1.04. The first-order valence-corrected chi connectivity index (χ1v) is 6.11. The number of benzene rings is 1. The highest BCUT2D eigenvalue weighted by atomic mass is 35.5. The Labute approximate surface area is 92.8 Å². The molecule has 1 heterocycles. The first-order valence-electron chi connectivity index (χ1n) is 4.25. The van der Waals surface area contributed by atoms with Gasteiger partial charge in [0.25, 0.3) is 0 Å². The van der Waals surface area contributed by atoms with Crippen LogP contribution in [0.4, 0.5) is 0 Å². The van der Waals surface area contributed by atoms with Crippen LogP contribution in [-0.4, -0.2) is 15.0 Å². The molecule has 1 saturated heterocycles. The Morgan fingerprint density at radius 3 is 2.33 bits per heavy atom. The second-order valence-electron chi connectivity index (χ2n) is 3.17. The van der Waals surface area contributed by atoms with E-state index in [1.807, 2.05) is 0 Å². The Kier molecular flexibility index (Phi) is 2.46. The Morgan fingerprint density at radius 2 is 1.93 bits per heavy atom. The van der Waals surface area contributed by atoms with Crippen molar-refractivity contribution in [2.75, 3.05) is 6.54 Å². The molecule has 1 aromatic rings. The van der Waals surface area contributed by atoms with Gasteiger partial charge >= 0.3 is 0 Å². The first kappa shape index (κ1) is 10.5. The van der Waals surface area contributed by atoms with Gasteiger partial charge in [-0.15, -0.1) is 0 Å². The molecule has 2 rings (SSSR count). The normalized spacial score (nSPS) is 21.9. The number of hydrogen-bond acceptors (Lipinski definition) is 3. The lowest BCUT2D eigenvalue weighted by Crippen LogP contribution is -2.42. The SMILES string of the molecule is N/C(=C1\CNS1(=O)=O)c1ccc(Cl)cc1. The van der Waals surface area contributed by atoms with Gasteiger partial charge < -0.3 is 5.73 Å². The lowest BCUT2D eigenvalue weighted by atomic mass is 10.1. The van der Waals surface area contributed by atoms with E-state index in [-0.39, 0.29) is 17.1 Å². The van der Waals surface area contributed by atoms with Crippen molar-refractivity contribution in [3.05, 3.63) is 39.8 Å². The fourth-order valence-corrected chi connectivity index (χ4v) is 2.35. The van der Waals surface area contributed by atoms with Crippen LogP contribution in [0.25, 0.3) is 5.70 Å². The molecule has 0 amide bonds. The summed E-state index contributed by atoms with van der Waals surface area (Å²) >= 11 is 5.71. The van der Waals surface area contributed by atoms with Gasteiger partial charge in [0.15, 0.2) is 0 Å². The third kappa shape index (κ3) is 1.86. The van der Waals surface area contributed by atoms with Gasteiger partial charge in [-0.3, -0.25) is 0 Å². The molecule has 0 atom stereocenters. The molecule has 6 heteroatoms. The number of nitrogens with one attached hydrogen (secondary N) is 1. The maximum atomic E-state index is 11.2. The van der Waals surface area contributed by atoms with Crippen molar-refractivity contribution in [3.8, 4) is 0 Å². The monoisotopic (exact) mass is 244 g/mol. The van der Waals surface area contributed by atoms with Crippen LogP contribution in [0, 0.1) is 0 Å². The number of sulfonamides is 1. The van der Waals surface area contributed by atoms with E-state index in [2.05, 4.69) is 4.72 Å². The minimum atomic E-state index is -3.31. The van der Waals surface area contributed by atoms with Gasteiger partial charge in [0.2, 0.25) is 10.0 Å². The van der Waals surface area contributed by atoms with E-state index in [9.17, 15) is 8.42 Å². The summed E-state index contributed by atoms with van der Waals surface area (Å²) in [5.41, 5.74) is 6.69. The van der Waals surface area contributed by atoms with Gasteiger partial charge in [-0.2, -0.15) is 0 Å². The zero-order valence-electron chi connectivity index (χ0n) is 7.70. The highest BCUT2D eigenvalue weighted by Crippen LogP contribution is 2.23. The van der Waals surface area contributed by atoms with E-state index in [0.29, 0.717) is 10.6 Å². The summed E-state index contributed by atoms with van der Waals surface area (Å²) in [6, 6.07) is 6.73. The van der Waals surface area contributed by atoms with Crippen molar-refractivity contribution in [2.45, 2.75) is 0 Å². The lowest BCUT2D eigenvalue weighted by molar-refractivity contribution is 0.578. The van der Waals surface area contributed by atoms with Crippen LogP contribution < -0.4 is 10.5 Å². The van der Waals surface area contributed by atoms with E-state index < -0.39 is 10.0 Å². The van der Waals surface area contributed by atoms with Gasteiger partial charge in [0, 0.05) is 5.02 Å². The molecule has 0 bridgehead atoms.